The van der Waals surface area contributed by atoms with E-state index in [2.05, 4.69) is 5.32 Å². The van der Waals surface area contributed by atoms with Gasteiger partial charge in [0, 0.05) is 13.1 Å². The van der Waals surface area contributed by atoms with Crippen molar-refractivity contribution in [1.82, 2.24) is 15.1 Å². The van der Waals surface area contributed by atoms with Crippen molar-refractivity contribution in [3.63, 3.8) is 0 Å². The number of aryl methyl sites for hydroxylation is 1. The summed E-state index contributed by atoms with van der Waals surface area (Å²) < 4.78 is 13.5. The first-order chi connectivity index (χ1) is 11.0. The standard InChI is InChI=1S/C17H24FN3O2/c1-20(2)15-9-21(10-16(15)22)17(23)19-14-5-3-4-11-6-7-12(18)8-13(11)14/h6-8,14-16,22H,3-5,9-10H2,1-2H3,(H,19,23)/t14-,15-,16-/m0/s1. The number of hydrogen-bond acceptors (Lipinski definition) is 3. The van der Waals surface area contributed by atoms with Crippen LogP contribution in [0.25, 0.3) is 0 Å². The number of fused-ring (bicyclic) bond motifs is 1. The normalized spacial score (nSPS) is 27.2. The van der Waals surface area contributed by atoms with Crippen molar-refractivity contribution in [1.29, 1.82) is 0 Å². The molecule has 1 heterocycles. The lowest BCUT2D eigenvalue weighted by atomic mass is 9.87. The number of hydrogen-bond donors (Lipinski definition) is 2. The third-order valence-corrected chi connectivity index (χ3v) is 4.93. The molecular weight excluding hydrogens is 297 g/mol. The summed E-state index contributed by atoms with van der Waals surface area (Å²) in [5, 5.41) is 13.1. The van der Waals surface area contributed by atoms with E-state index >= 15 is 0 Å². The van der Waals surface area contributed by atoms with Gasteiger partial charge >= 0.3 is 6.03 Å². The highest BCUT2D eigenvalue weighted by Gasteiger charge is 2.36. The highest BCUT2D eigenvalue weighted by molar-refractivity contribution is 5.75. The molecule has 2 aliphatic rings. The lowest BCUT2D eigenvalue weighted by Crippen LogP contribution is -2.42. The van der Waals surface area contributed by atoms with Gasteiger partial charge in [0.25, 0.3) is 0 Å². The fraction of sp³-hybridized carbons (Fsp3) is 0.588. The number of nitrogens with one attached hydrogen (secondary N) is 1. The number of rotatable bonds is 2. The highest BCUT2D eigenvalue weighted by atomic mass is 19.1. The van der Waals surface area contributed by atoms with Crippen molar-refractivity contribution in [2.75, 3.05) is 27.2 Å². The molecule has 1 aliphatic carbocycles. The summed E-state index contributed by atoms with van der Waals surface area (Å²) in [6.07, 6.45) is 2.18. The molecule has 0 aromatic heterocycles. The van der Waals surface area contributed by atoms with Gasteiger partial charge in [-0.2, -0.15) is 0 Å². The predicted octanol–water partition coefficient (Wildman–Crippen LogP) is 1.52. The molecule has 5 nitrogen and oxygen atoms in total. The van der Waals surface area contributed by atoms with Crippen LogP contribution in [0.2, 0.25) is 0 Å². The monoisotopic (exact) mass is 321 g/mol. The predicted molar refractivity (Wildman–Crippen MR) is 85.7 cm³/mol. The van der Waals surface area contributed by atoms with Crippen LogP contribution in [-0.2, 0) is 6.42 Å². The number of carbonyl (C=O) groups is 1. The van der Waals surface area contributed by atoms with Crippen LogP contribution in [0, 0.1) is 5.82 Å². The fourth-order valence-electron chi connectivity index (χ4n) is 3.60. The molecule has 1 saturated heterocycles. The van der Waals surface area contributed by atoms with E-state index < -0.39 is 6.10 Å². The zero-order chi connectivity index (χ0) is 16.6. The van der Waals surface area contributed by atoms with Crippen molar-refractivity contribution in [3.8, 4) is 0 Å². The number of likely N-dealkylation sites (N-methyl/N-ethyl adjacent to an activating group) is 1. The Balaban J connectivity index is 1.69. The maximum absolute atomic E-state index is 13.5. The molecule has 1 fully saturated rings. The van der Waals surface area contributed by atoms with Crippen LogP contribution in [0.3, 0.4) is 0 Å². The molecule has 0 saturated carbocycles. The number of benzene rings is 1. The van der Waals surface area contributed by atoms with Gasteiger partial charge in [-0.3, -0.25) is 0 Å². The molecule has 1 aromatic rings. The lowest BCUT2D eigenvalue weighted by Gasteiger charge is -2.28. The first-order valence-corrected chi connectivity index (χ1v) is 8.14. The first kappa shape index (κ1) is 16.2. The zero-order valence-electron chi connectivity index (χ0n) is 13.6. The van der Waals surface area contributed by atoms with Gasteiger partial charge in [-0.15, -0.1) is 0 Å². The SMILES string of the molecule is CN(C)[C@H]1CN(C(=O)N[C@H]2CCCc3ccc(F)cc32)C[C@@H]1O. The summed E-state index contributed by atoms with van der Waals surface area (Å²) in [6, 6.07) is 4.43. The van der Waals surface area contributed by atoms with Crippen molar-refractivity contribution in [3.05, 3.63) is 35.1 Å². The quantitative estimate of drug-likeness (QED) is 0.868. The largest absolute Gasteiger partial charge is 0.390 e. The van der Waals surface area contributed by atoms with Crippen LogP contribution in [0.15, 0.2) is 18.2 Å². The van der Waals surface area contributed by atoms with Crippen LogP contribution in [-0.4, -0.2) is 60.3 Å². The number of likely N-dealkylation sites (tertiary alicyclic amines) is 1. The van der Waals surface area contributed by atoms with Crippen LogP contribution in [0.4, 0.5) is 9.18 Å². The number of carbonyl (C=O) groups excluding carboxylic acids is 1. The third-order valence-electron chi connectivity index (χ3n) is 4.93. The molecule has 0 radical (unpaired) electrons. The minimum absolute atomic E-state index is 0.0446. The Kier molecular flexibility index (Phi) is 4.55. The number of amides is 2. The minimum atomic E-state index is -0.535. The topological polar surface area (TPSA) is 55.8 Å². The van der Waals surface area contributed by atoms with Crippen molar-refractivity contribution >= 4 is 6.03 Å². The molecule has 1 aliphatic heterocycles. The van der Waals surface area contributed by atoms with Gasteiger partial charge in [0.1, 0.15) is 5.82 Å². The number of nitrogens with zero attached hydrogens (tertiary/aromatic N) is 2. The Bertz CT molecular complexity index is 593. The van der Waals surface area contributed by atoms with Crippen LogP contribution in [0.1, 0.15) is 30.0 Å². The van der Waals surface area contributed by atoms with E-state index in [0.29, 0.717) is 13.1 Å². The average Bonchev–Trinajstić information content (AvgIpc) is 2.90. The molecule has 2 N–H and O–H groups in total. The molecule has 0 unspecified atom stereocenters. The number of aliphatic hydroxyl groups excluding tert-OH is 1. The van der Waals surface area contributed by atoms with Gasteiger partial charge in [-0.1, -0.05) is 6.07 Å². The van der Waals surface area contributed by atoms with Gasteiger partial charge < -0.3 is 20.2 Å². The number of β-amino-alcohol motifs (C(OH)–C–C–N with tert-alkyl or cyclic N) is 1. The Morgan fingerprint density at radius 2 is 2.17 bits per heavy atom. The van der Waals surface area contributed by atoms with Gasteiger partial charge in [0.05, 0.1) is 18.2 Å². The third kappa shape index (κ3) is 3.33. The van der Waals surface area contributed by atoms with E-state index in [-0.39, 0.29) is 23.9 Å². The molecule has 23 heavy (non-hydrogen) atoms. The molecule has 1 aromatic carbocycles. The fourth-order valence-corrected chi connectivity index (χ4v) is 3.60. The maximum Gasteiger partial charge on any atom is 0.318 e. The summed E-state index contributed by atoms with van der Waals surface area (Å²) in [5.74, 6) is -0.269. The molecule has 3 atom stereocenters. The minimum Gasteiger partial charge on any atom is -0.390 e. The second kappa shape index (κ2) is 6.45. The van der Waals surface area contributed by atoms with Crippen molar-refractivity contribution in [2.24, 2.45) is 0 Å². The Hall–Kier alpha value is -1.66. The Morgan fingerprint density at radius 3 is 2.87 bits per heavy atom. The summed E-state index contributed by atoms with van der Waals surface area (Å²) >= 11 is 0. The Morgan fingerprint density at radius 1 is 1.39 bits per heavy atom. The van der Waals surface area contributed by atoms with E-state index in [4.69, 9.17) is 0 Å². The van der Waals surface area contributed by atoms with E-state index in [9.17, 15) is 14.3 Å². The van der Waals surface area contributed by atoms with Crippen LogP contribution < -0.4 is 5.32 Å². The number of urea groups is 1. The van der Waals surface area contributed by atoms with E-state index in [0.717, 1.165) is 30.4 Å². The lowest BCUT2D eigenvalue weighted by molar-refractivity contribution is 0.113. The highest BCUT2D eigenvalue weighted by Crippen LogP contribution is 2.30. The van der Waals surface area contributed by atoms with E-state index in [1.165, 1.54) is 12.1 Å². The second-order valence-corrected chi connectivity index (χ2v) is 6.74. The molecule has 126 valence electrons. The van der Waals surface area contributed by atoms with Gasteiger partial charge in [0.2, 0.25) is 0 Å². The number of aliphatic hydroxyl groups is 1. The average molecular weight is 321 g/mol. The molecule has 3 rings (SSSR count). The summed E-state index contributed by atoms with van der Waals surface area (Å²) in [4.78, 5) is 16.1. The first-order valence-electron chi connectivity index (χ1n) is 8.14. The molecule has 6 heteroatoms. The summed E-state index contributed by atoms with van der Waals surface area (Å²) in [6.45, 7) is 0.833. The van der Waals surface area contributed by atoms with Gasteiger partial charge in [-0.25, -0.2) is 9.18 Å². The van der Waals surface area contributed by atoms with Gasteiger partial charge in [0.15, 0.2) is 0 Å². The molecule has 0 spiro atoms. The van der Waals surface area contributed by atoms with E-state index in [1.807, 2.05) is 25.1 Å². The maximum atomic E-state index is 13.5. The summed E-state index contributed by atoms with van der Waals surface area (Å²) in [5.41, 5.74) is 1.99. The van der Waals surface area contributed by atoms with Crippen LogP contribution in [0.5, 0.6) is 0 Å². The van der Waals surface area contributed by atoms with Crippen molar-refractivity contribution in [2.45, 2.75) is 37.5 Å². The van der Waals surface area contributed by atoms with Crippen molar-refractivity contribution < 1.29 is 14.3 Å². The smallest absolute Gasteiger partial charge is 0.318 e. The molecular formula is C17H24FN3O2. The summed E-state index contributed by atoms with van der Waals surface area (Å²) in [7, 11) is 3.80. The molecule has 0 bridgehead atoms. The Labute approximate surface area is 136 Å². The van der Waals surface area contributed by atoms with E-state index in [1.54, 1.807) is 4.90 Å². The molecule has 2 amide bonds. The number of halogens is 1. The zero-order valence-corrected chi connectivity index (χ0v) is 13.6. The van der Waals surface area contributed by atoms with Crippen LogP contribution >= 0.6 is 0 Å². The van der Waals surface area contributed by atoms with Gasteiger partial charge in [-0.05, 0) is 56.6 Å². The second-order valence-electron chi connectivity index (χ2n) is 6.74.